The molecule has 0 atom stereocenters. The molecule has 0 unspecified atom stereocenters. The molecule has 0 aliphatic carbocycles. The molecule has 0 fully saturated rings. The second-order valence-electron chi connectivity index (χ2n) is 0.200. The first-order valence-corrected chi connectivity index (χ1v) is 1.79. The van der Waals surface area contributed by atoms with Crippen molar-refractivity contribution in [2.45, 2.75) is 0 Å². The van der Waals surface area contributed by atoms with E-state index in [0.29, 0.717) is 0 Å². The van der Waals surface area contributed by atoms with Crippen LogP contribution in [-0.2, 0) is 19.5 Å². The Bertz CT molecular complexity index is 68.7. The summed E-state index contributed by atoms with van der Waals surface area (Å²) in [4.78, 5) is 0. The van der Waals surface area contributed by atoms with Gasteiger partial charge in [-0.05, 0) is 0 Å². The minimum absolute atomic E-state index is 0. The fourth-order valence-corrected chi connectivity index (χ4v) is 0. The predicted molar refractivity (Wildman–Crippen MR) is 29.2 cm³/mol. The molecule has 40 valence electrons. The standard InChI is InChI=1S/2CHNS.Ru/c2*2-1-3;/h2*3H;. The van der Waals surface area contributed by atoms with Gasteiger partial charge in [-0.25, -0.2) is 0 Å². The van der Waals surface area contributed by atoms with Crippen LogP contribution in [0.25, 0.3) is 0 Å². The number of nitriles is 2. The Kier molecular flexibility index (Phi) is 74.8. The van der Waals surface area contributed by atoms with E-state index < -0.39 is 0 Å². The largest absolute Gasteiger partial charge is 0.185 e. The summed E-state index contributed by atoms with van der Waals surface area (Å²) in [5.41, 5.74) is 0. The van der Waals surface area contributed by atoms with Crippen LogP contribution < -0.4 is 0 Å². The number of hydrogen-bond acceptors (Lipinski definition) is 4. The van der Waals surface area contributed by atoms with E-state index in [0.717, 1.165) is 0 Å². The molecule has 0 aromatic heterocycles. The van der Waals surface area contributed by atoms with E-state index in [4.69, 9.17) is 10.5 Å². The number of thiocyanates is 2. The third kappa shape index (κ3) is 1270. The Hall–Kier alpha value is 0.303. The predicted octanol–water partition coefficient (Wildman–Crippen LogP) is 0.792. The van der Waals surface area contributed by atoms with E-state index in [-0.39, 0.29) is 19.5 Å². The van der Waals surface area contributed by atoms with E-state index >= 15 is 0 Å². The summed E-state index contributed by atoms with van der Waals surface area (Å²) in [5.74, 6) is 0. The average molecular weight is 219 g/mol. The first-order chi connectivity index (χ1) is 2.83. The van der Waals surface area contributed by atoms with E-state index in [1.165, 1.54) is 10.8 Å². The van der Waals surface area contributed by atoms with Crippen molar-refractivity contribution in [1.82, 2.24) is 0 Å². The Labute approximate surface area is 66.1 Å². The Morgan fingerprint density at radius 3 is 1.00 bits per heavy atom. The summed E-state index contributed by atoms with van der Waals surface area (Å²) in [6, 6.07) is 0. The van der Waals surface area contributed by atoms with E-state index in [9.17, 15) is 0 Å². The number of rotatable bonds is 0. The quantitative estimate of drug-likeness (QED) is 0.359. The van der Waals surface area contributed by atoms with Gasteiger partial charge < -0.3 is 0 Å². The normalized spacial score (nSPS) is 2.29. The molecule has 0 aliphatic heterocycles. The molecule has 0 bridgehead atoms. The molecule has 0 saturated heterocycles. The first-order valence-electron chi connectivity index (χ1n) is 0.894. The maximum Gasteiger partial charge on any atom is 0.130 e. The summed E-state index contributed by atoms with van der Waals surface area (Å²) in [7, 11) is 0. The molecule has 0 rings (SSSR count). The van der Waals surface area contributed by atoms with Crippen LogP contribution in [0.1, 0.15) is 0 Å². The van der Waals surface area contributed by atoms with Gasteiger partial charge in [-0.3, -0.25) is 0 Å². The number of hydrogen-bond donors (Lipinski definition) is 2. The van der Waals surface area contributed by atoms with Crippen molar-refractivity contribution in [2.75, 3.05) is 0 Å². The van der Waals surface area contributed by atoms with Crippen molar-refractivity contribution < 1.29 is 19.5 Å². The van der Waals surface area contributed by atoms with Crippen LogP contribution in [0.15, 0.2) is 0 Å². The van der Waals surface area contributed by atoms with Crippen LogP contribution in [0.4, 0.5) is 0 Å². The Morgan fingerprint density at radius 1 is 1.00 bits per heavy atom. The molecule has 2 nitrogen and oxygen atoms in total. The zero-order valence-electron chi connectivity index (χ0n) is 3.14. The van der Waals surface area contributed by atoms with Gasteiger partial charge in [0, 0.05) is 19.5 Å². The summed E-state index contributed by atoms with van der Waals surface area (Å²) in [6.07, 6.45) is 0. The molecule has 5 heteroatoms. The molecule has 0 aliphatic rings. The second kappa shape index (κ2) is 33.4. The molecule has 0 aromatic carbocycles. The molecule has 0 aromatic rings. The first kappa shape index (κ1) is 15.7. The second-order valence-corrected chi connectivity index (χ2v) is 0.600. The van der Waals surface area contributed by atoms with Gasteiger partial charge in [-0.1, -0.05) is 25.3 Å². The van der Waals surface area contributed by atoms with Gasteiger partial charge in [0.15, 0.2) is 0 Å². The fraction of sp³-hybridized carbons (Fsp3) is 0. The van der Waals surface area contributed by atoms with Crippen LogP contribution in [0.2, 0.25) is 0 Å². The Balaban J connectivity index is -0.0000000400. The topological polar surface area (TPSA) is 47.6 Å². The van der Waals surface area contributed by atoms with Crippen molar-refractivity contribution >= 4 is 25.3 Å². The molecule has 0 heterocycles. The third-order valence-corrected chi connectivity index (χ3v) is 0. The smallest absolute Gasteiger partial charge is 0.130 e. The van der Waals surface area contributed by atoms with Gasteiger partial charge in [0.1, 0.15) is 10.8 Å². The van der Waals surface area contributed by atoms with Crippen molar-refractivity contribution in [3.05, 3.63) is 0 Å². The van der Waals surface area contributed by atoms with E-state index in [2.05, 4.69) is 25.3 Å². The minimum Gasteiger partial charge on any atom is -0.185 e. The van der Waals surface area contributed by atoms with Crippen LogP contribution in [0.3, 0.4) is 0 Å². The maximum absolute atomic E-state index is 7.18. The molecule has 0 spiro atoms. The monoisotopic (exact) mass is 220 g/mol. The van der Waals surface area contributed by atoms with Gasteiger partial charge >= 0.3 is 0 Å². The van der Waals surface area contributed by atoms with Crippen molar-refractivity contribution in [2.24, 2.45) is 0 Å². The number of nitrogens with zero attached hydrogens (tertiary/aromatic N) is 2. The SMILES string of the molecule is N#CS.N#CS.[Ru]. The van der Waals surface area contributed by atoms with Crippen LogP contribution >= 0.6 is 25.3 Å². The molecule has 0 N–H and O–H groups in total. The van der Waals surface area contributed by atoms with Gasteiger partial charge in [0.2, 0.25) is 0 Å². The summed E-state index contributed by atoms with van der Waals surface area (Å²) >= 11 is 6.19. The fourth-order valence-electron chi connectivity index (χ4n) is 0. The van der Waals surface area contributed by atoms with Crippen molar-refractivity contribution in [3.63, 3.8) is 0 Å². The molecule has 0 radical (unpaired) electrons. The summed E-state index contributed by atoms with van der Waals surface area (Å²) in [5, 5.41) is 17.3. The molecule has 0 saturated carbocycles. The van der Waals surface area contributed by atoms with Crippen LogP contribution in [0.5, 0.6) is 0 Å². The molecular weight excluding hydrogens is 217 g/mol. The number of thiol groups is 2. The Morgan fingerprint density at radius 2 is 1.00 bits per heavy atom. The molecule has 7 heavy (non-hydrogen) atoms. The van der Waals surface area contributed by atoms with Gasteiger partial charge in [-0.2, -0.15) is 10.5 Å². The van der Waals surface area contributed by atoms with Crippen molar-refractivity contribution in [1.29, 1.82) is 10.5 Å². The van der Waals surface area contributed by atoms with E-state index in [1.54, 1.807) is 0 Å². The van der Waals surface area contributed by atoms with Gasteiger partial charge in [-0.15, -0.1) is 0 Å². The summed E-state index contributed by atoms with van der Waals surface area (Å²) < 4.78 is 0. The molecular formula is C2H2N2RuS2. The van der Waals surface area contributed by atoms with Crippen molar-refractivity contribution in [3.8, 4) is 10.8 Å². The zero-order chi connectivity index (χ0) is 5.41. The minimum atomic E-state index is 0. The van der Waals surface area contributed by atoms with E-state index in [1.807, 2.05) is 0 Å². The summed E-state index contributed by atoms with van der Waals surface area (Å²) in [6.45, 7) is 0. The van der Waals surface area contributed by atoms with Gasteiger partial charge in [0.25, 0.3) is 0 Å². The maximum atomic E-state index is 7.18. The average Bonchev–Trinajstić information content (AvgIpc) is 1.39. The van der Waals surface area contributed by atoms with Gasteiger partial charge in [0.05, 0.1) is 0 Å². The zero-order valence-corrected chi connectivity index (χ0v) is 6.67. The molecule has 0 amide bonds. The van der Waals surface area contributed by atoms with Crippen LogP contribution in [0, 0.1) is 21.3 Å². The van der Waals surface area contributed by atoms with Crippen LogP contribution in [-0.4, -0.2) is 0 Å². The third-order valence-electron chi connectivity index (χ3n) is 0.